The van der Waals surface area contributed by atoms with Crippen molar-refractivity contribution in [3.63, 3.8) is 0 Å². The monoisotopic (exact) mass is 340 g/mol. The fourth-order valence-electron chi connectivity index (χ4n) is 4.45. The summed E-state index contributed by atoms with van der Waals surface area (Å²) in [6.07, 6.45) is 12.9. The molecule has 0 aromatic carbocycles. The summed E-state index contributed by atoms with van der Waals surface area (Å²) in [5.41, 5.74) is 1.15. The van der Waals surface area contributed by atoms with Crippen molar-refractivity contribution < 1.29 is 9.59 Å². The van der Waals surface area contributed by atoms with Crippen molar-refractivity contribution in [1.29, 1.82) is 0 Å². The first-order valence-corrected chi connectivity index (χ1v) is 9.18. The second-order valence-electron chi connectivity index (χ2n) is 7.46. The third-order valence-electron chi connectivity index (χ3n) is 5.69. The Morgan fingerprint density at radius 3 is 2.36 bits per heavy atom. The zero-order chi connectivity index (χ0) is 17.4. The van der Waals surface area contributed by atoms with Crippen LogP contribution in [0, 0.1) is 12.8 Å². The van der Waals surface area contributed by atoms with Gasteiger partial charge in [-0.25, -0.2) is 4.98 Å². The normalized spacial score (nSPS) is 28.4. The quantitative estimate of drug-likeness (QED) is 0.854. The largest absolute Gasteiger partial charge is 0.348 e. The van der Waals surface area contributed by atoms with Crippen molar-refractivity contribution in [3.05, 3.63) is 35.9 Å². The first-order valence-electron chi connectivity index (χ1n) is 9.18. The average molecular weight is 340 g/mol. The summed E-state index contributed by atoms with van der Waals surface area (Å²) in [5.74, 6) is 0.278. The molecule has 1 unspecified atom stereocenters. The van der Waals surface area contributed by atoms with Gasteiger partial charge in [-0.1, -0.05) is 12.2 Å². The maximum absolute atomic E-state index is 12.8. The number of carbonyl (C=O) groups is 2. The first kappa shape index (κ1) is 16.2. The predicted molar refractivity (Wildman–Crippen MR) is 92.8 cm³/mol. The minimum atomic E-state index is -0.170. The Labute approximate surface area is 147 Å². The summed E-state index contributed by atoms with van der Waals surface area (Å²) in [5, 5.41) is 3.09. The molecule has 6 nitrogen and oxygen atoms in total. The van der Waals surface area contributed by atoms with Crippen LogP contribution in [0.1, 0.15) is 54.7 Å². The van der Waals surface area contributed by atoms with Crippen LogP contribution in [0.2, 0.25) is 0 Å². The van der Waals surface area contributed by atoms with Crippen molar-refractivity contribution in [2.75, 3.05) is 0 Å². The van der Waals surface area contributed by atoms with Gasteiger partial charge >= 0.3 is 0 Å². The van der Waals surface area contributed by atoms with Gasteiger partial charge in [0.05, 0.1) is 11.9 Å². The van der Waals surface area contributed by atoms with E-state index < -0.39 is 0 Å². The second kappa shape index (κ2) is 6.58. The van der Waals surface area contributed by atoms with Gasteiger partial charge in [-0.05, 0) is 45.4 Å². The van der Waals surface area contributed by atoms with Gasteiger partial charge in [0.1, 0.15) is 5.69 Å². The van der Waals surface area contributed by atoms with Crippen LogP contribution in [0.25, 0.3) is 0 Å². The van der Waals surface area contributed by atoms with Crippen molar-refractivity contribution in [2.45, 2.75) is 63.6 Å². The third-order valence-corrected chi connectivity index (χ3v) is 5.69. The molecule has 1 aliphatic carbocycles. The molecule has 3 aliphatic rings. The van der Waals surface area contributed by atoms with Gasteiger partial charge in [-0.2, -0.15) is 0 Å². The van der Waals surface area contributed by atoms with E-state index in [0.29, 0.717) is 11.6 Å². The maximum atomic E-state index is 12.8. The van der Waals surface area contributed by atoms with E-state index in [2.05, 4.69) is 32.3 Å². The van der Waals surface area contributed by atoms with Gasteiger partial charge in [0.2, 0.25) is 5.91 Å². The van der Waals surface area contributed by atoms with Crippen molar-refractivity contribution in [3.8, 4) is 0 Å². The van der Waals surface area contributed by atoms with Crippen molar-refractivity contribution in [2.24, 2.45) is 5.92 Å². The molecule has 2 aliphatic heterocycles. The molecule has 3 atom stereocenters. The zero-order valence-corrected chi connectivity index (χ0v) is 14.5. The summed E-state index contributed by atoms with van der Waals surface area (Å²) in [6.45, 7) is 1.85. The van der Waals surface area contributed by atoms with E-state index in [-0.39, 0.29) is 30.0 Å². The van der Waals surface area contributed by atoms with Crippen LogP contribution in [0.15, 0.2) is 24.5 Å². The number of nitrogens with zero attached hydrogens (tertiary/aromatic N) is 3. The van der Waals surface area contributed by atoms with Crippen LogP contribution in [-0.4, -0.2) is 44.8 Å². The molecule has 1 N–H and O–H groups in total. The highest BCUT2D eigenvalue weighted by atomic mass is 16.2. The minimum Gasteiger partial charge on any atom is -0.348 e. The van der Waals surface area contributed by atoms with E-state index in [0.717, 1.165) is 44.2 Å². The molecule has 0 saturated carbocycles. The number of rotatable bonds is 3. The molecular formula is C19H24N4O2. The van der Waals surface area contributed by atoms with Gasteiger partial charge in [-0.15, -0.1) is 0 Å². The SMILES string of the molecule is Cc1cnc(C(=O)NC2C[C@H]3CC[C@@H](C2)N3C(=O)C2CC=CC2)cn1. The fourth-order valence-corrected chi connectivity index (χ4v) is 4.45. The lowest BCUT2D eigenvalue weighted by atomic mass is 9.94. The molecule has 1 aromatic rings. The fraction of sp³-hybridized carbons (Fsp3) is 0.579. The second-order valence-corrected chi connectivity index (χ2v) is 7.46. The molecule has 3 heterocycles. The molecule has 2 saturated heterocycles. The van der Waals surface area contributed by atoms with Gasteiger partial charge in [0.25, 0.3) is 5.91 Å². The van der Waals surface area contributed by atoms with Gasteiger partial charge in [-0.3, -0.25) is 14.6 Å². The third kappa shape index (κ3) is 3.17. The molecule has 0 spiro atoms. The zero-order valence-electron chi connectivity index (χ0n) is 14.5. The minimum absolute atomic E-state index is 0.110. The summed E-state index contributed by atoms with van der Waals surface area (Å²) in [6, 6.07) is 0.640. The lowest BCUT2D eigenvalue weighted by molar-refractivity contribution is -0.139. The van der Waals surface area contributed by atoms with Gasteiger partial charge in [0, 0.05) is 30.2 Å². The summed E-state index contributed by atoms with van der Waals surface area (Å²) in [4.78, 5) is 35.6. The Balaban J connectivity index is 1.38. The Morgan fingerprint density at radius 1 is 1.08 bits per heavy atom. The summed E-state index contributed by atoms with van der Waals surface area (Å²) < 4.78 is 0. The number of nitrogens with one attached hydrogen (secondary N) is 1. The van der Waals surface area contributed by atoms with Crippen molar-refractivity contribution in [1.82, 2.24) is 20.2 Å². The van der Waals surface area contributed by atoms with Crippen LogP contribution in [0.5, 0.6) is 0 Å². The van der Waals surface area contributed by atoms with E-state index in [4.69, 9.17) is 0 Å². The standard InChI is InChI=1S/C19H24N4O2/c1-12-10-21-17(11-20-12)18(24)22-14-8-15-6-7-16(9-14)23(15)19(25)13-4-2-3-5-13/h2-3,10-11,13-16H,4-9H2,1H3,(H,22,24)/t14?,15-,16+. The molecule has 2 amide bonds. The molecule has 1 aromatic heterocycles. The van der Waals surface area contributed by atoms with Crippen LogP contribution in [0.3, 0.4) is 0 Å². The van der Waals surface area contributed by atoms with Crippen LogP contribution >= 0.6 is 0 Å². The van der Waals surface area contributed by atoms with E-state index in [1.807, 2.05) is 6.92 Å². The molecule has 6 heteroatoms. The number of amides is 2. The number of fused-ring (bicyclic) bond motifs is 2. The van der Waals surface area contributed by atoms with Gasteiger partial charge in [0.15, 0.2) is 0 Å². The molecule has 25 heavy (non-hydrogen) atoms. The highest BCUT2D eigenvalue weighted by molar-refractivity contribution is 5.92. The number of allylic oxidation sites excluding steroid dienone is 2. The van der Waals surface area contributed by atoms with Crippen molar-refractivity contribution >= 4 is 11.8 Å². The number of aryl methyl sites for hydroxylation is 1. The number of carbonyl (C=O) groups excluding carboxylic acids is 2. The Hall–Kier alpha value is -2.24. The maximum Gasteiger partial charge on any atom is 0.271 e. The van der Waals surface area contributed by atoms with E-state index >= 15 is 0 Å². The molecule has 2 fully saturated rings. The molecule has 0 radical (unpaired) electrons. The highest BCUT2D eigenvalue weighted by Gasteiger charge is 2.45. The van der Waals surface area contributed by atoms with Crippen LogP contribution < -0.4 is 5.32 Å². The molecule has 132 valence electrons. The molecular weight excluding hydrogens is 316 g/mol. The topological polar surface area (TPSA) is 75.2 Å². The number of hydrogen-bond acceptors (Lipinski definition) is 4. The van der Waals surface area contributed by atoms with Crippen LogP contribution in [0.4, 0.5) is 0 Å². The number of aromatic nitrogens is 2. The summed E-state index contributed by atoms with van der Waals surface area (Å²) >= 11 is 0. The van der Waals surface area contributed by atoms with E-state index in [1.165, 1.54) is 6.20 Å². The molecule has 2 bridgehead atoms. The Bertz CT molecular complexity index is 678. The molecule has 4 rings (SSSR count). The number of piperidine rings is 1. The van der Waals surface area contributed by atoms with E-state index in [9.17, 15) is 9.59 Å². The lowest BCUT2D eigenvalue weighted by Crippen LogP contribution is -2.53. The average Bonchev–Trinajstić information content (AvgIpc) is 3.22. The highest BCUT2D eigenvalue weighted by Crippen LogP contribution is 2.38. The Kier molecular flexibility index (Phi) is 4.27. The Morgan fingerprint density at radius 2 is 1.76 bits per heavy atom. The first-order chi connectivity index (χ1) is 12.1. The van der Waals surface area contributed by atoms with E-state index in [1.54, 1.807) is 6.20 Å². The van der Waals surface area contributed by atoms with Crippen LogP contribution in [-0.2, 0) is 4.79 Å². The predicted octanol–water partition coefficient (Wildman–Crippen LogP) is 2.00. The smallest absolute Gasteiger partial charge is 0.271 e. The summed E-state index contributed by atoms with van der Waals surface area (Å²) in [7, 11) is 0. The lowest BCUT2D eigenvalue weighted by Gasteiger charge is -2.40. The number of hydrogen-bond donors (Lipinski definition) is 1. The van der Waals surface area contributed by atoms with Gasteiger partial charge < -0.3 is 10.2 Å².